The van der Waals surface area contributed by atoms with E-state index in [-0.39, 0.29) is 0 Å². The highest BCUT2D eigenvalue weighted by atomic mass is 35.5. The van der Waals surface area contributed by atoms with Crippen molar-refractivity contribution in [2.75, 3.05) is 11.9 Å². The van der Waals surface area contributed by atoms with Gasteiger partial charge in [-0.1, -0.05) is 13.3 Å². The highest BCUT2D eigenvalue weighted by Gasteiger charge is 2.12. The maximum atomic E-state index is 5.89. The van der Waals surface area contributed by atoms with Gasteiger partial charge in [0, 0.05) is 36.7 Å². The molecule has 0 saturated carbocycles. The molecule has 0 N–H and O–H groups in total. The molecular weight excluding hydrogens is 208 g/mol. The number of alkyl halides is 1. The second-order valence-electron chi connectivity index (χ2n) is 3.89. The molecule has 2 nitrogen and oxygen atoms in total. The molecule has 0 fully saturated rings. The molecular formula is C12H19ClN2. The highest BCUT2D eigenvalue weighted by molar-refractivity contribution is 6.17. The number of nitrogens with zero attached hydrogens (tertiary/aromatic N) is 2. The van der Waals surface area contributed by atoms with Crippen LogP contribution in [0.2, 0.25) is 0 Å². The zero-order chi connectivity index (χ0) is 11.3. The Kier molecular flexibility index (Phi) is 4.89. The Balaban J connectivity index is 2.84. The fourth-order valence-electron chi connectivity index (χ4n) is 1.72. The molecule has 3 heteroatoms. The van der Waals surface area contributed by atoms with E-state index in [0.717, 1.165) is 5.56 Å². The average molecular weight is 227 g/mol. The number of rotatable bonds is 5. The third kappa shape index (κ3) is 3.10. The molecule has 15 heavy (non-hydrogen) atoms. The molecule has 1 aromatic rings. The van der Waals surface area contributed by atoms with Crippen LogP contribution < -0.4 is 4.90 Å². The van der Waals surface area contributed by atoms with Gasteiger partial charge >= 0.3 is 0 Å². The van der Waals surface area contributed by atoms with Crippen LogP contribution in [0, 0.1) is 0 Å². The zero-order valence-corrected chi connectivity index (χ0v) is 10.5. The minimum absolute atomic E-state index is 0.520. The van der Waals surface area contributed by atoms with Crippen LogP contribution in [-0.2, 0) is 5.88 Å². The third-order valence-corrected chi connectivity index (χ3v) is 3.06. The van der Waals surface area contributed by atoms with Crippen LogP contribution in [0.4, 0.5) is 5.69 Å². The molecule has 0 saturated heterocycles. The molecule has 0 aliphatic heterocycles. The maximum Gasteiger partial charge on any atom is 0.0509 e. The molecule has 0 aromatic carbocycles. The smallest absolute Gasteiger partial charge is 0.0509 e. The van der Waals surface area contributed by atoms with Crippen LogP contribution in [-0.4, -0.2) is 18.1 Å². The number of aromatic nitrogens is 1. The van der Waals surface area contributed by atoms with Gasteiger partial charge in [0.2, 0.25) is 0 Å². The van der Waals surface area contributed by atoms with Gasteiger partial charge in [0.25, 0.3) is 0 Å². The Hall–Kier alpha value is -0.760. The number of pyridine rings is 1. The summed E-state index contributed by atoms with van der Waals surface area (Å²) < 4.78 is 0. The van der Waals surface area contributed by atoms with Gasteiger partial charge < -0.3 is 4.90 Å². The molecule has 0 aliphatic carbocycles. The second kappa shape index (κ2) is 5.96. The zero-order valence-electron chi connectivity index (χ0n) is 9.70. The molecule has 1 rings (SSSR count). The van der Waals surface area contributed by atoms with Crippen molar-refractivity contribution in [2.45, 2.75) is 38.6 Å². The van der Waals surface area contributed by atoms with Crippen molar-refractivity contribution in [3.63, 3.8) is 0 Å². The number of anilines is 1. The SMILES string of the molecule is CCCC(C)N(C)c1ccncc1CCl. The summed E-state index contributed by atoms with van der Waals surface area (Å²) in [5, 5.41) is 0. The van der Waals surface area contributed by atoms with Gasteiger partial charge in [0.1, 0.15) is 0 Å². The molecule has 1 unspecified atom stereocenters. The van der Waals surface area contributed by atoms with E-state index < -0.39 is 0 Å². The van der Waals surface area contributed by atoms with Gasteiger partial charge in [-0.3, -0.25) is 4.98 Å². The van der Waals surface area contributed by atoms with Crippen molar-refractivity contribution >= 4 is 17.3 Å². The number of hydrogen-bond donors (Lipinski definition) is 0. The summed E-state index contributed by atoms with van der Waals surface area (Å²) in [5.74, 6) is 0.520. The first kappa shape index (κ1) is 12.3. The lowest BCUT2D eigenvalue weighted by atomic mass is 10.1. The summed E-state index contributed by atoms with van der Waals surface area (Å²) in [4.78, 5) is 6.37. The molecule has 1 heterocycles. The Morgan fingerprint density at radius 3 is 2.87 bits per heavy atom. The first-order valence-electron chi connectivity index (χ1n) is 5.42. The fraction of sp³-hybridized carbons (Fsp3) is 0.583. The standard InChI is InChI=1S/C12H19ClN2/c1-4-5-10(2)15(3)12-6-7-14-9-11(12)8-13/h6-7,9-10H,4-5,8H2,1-3H3. The largest absolute Gasteiger partial charge is 0.372 e. The summed E-state index contributed by atoms with van der Waals surface area (Å²) in [6.45, 7) is 4.45. The number of hydrogen-bond acceptors (Lipinski definition) is 2. The van der Waals surface area contributed by atoms with Gasteiger partial charge in [-0.25, -0.2) is 0 Å². The lowest BCUT2D eigenvalue weighted by Gasteiger charge is -2.28. The predicted molar refractivity (Wildman–Crippen MR) is 66.6 cm³/mol. The molecule has 0 aliphatic rings. The molecule has 0 bridgehead atoms. The van der Waals surface area contributed by atoms with Crippen LogP contribution in [0.3, 0.4) is 0 Å². The van der Waals surface area contributed by atoms with Gasteiger partial charge in [-0.15, -0.1) is 11.6 Å². The maximum absolute atomic E-state index is 5.89. The van der Waals surface area contributed by atoms with Gasteiger partial charge in [-0.05, 0) is 19.4 Å². The predicted octanol–water partition coefficient (Wildman–Crippen LogP) is 3.45. The van der Waals surface area contributed by atoms with E-state index in [1.807, 2.05) is 18.5 Å². The first-order chi connectivity index (χ1) is 7.20. The van der Waals surface area contributed by atoms with Crippen LogP contribution in [0.15, 0.2) is 18.5 Å². The molecule has 0 spiro atoms. The minimum atomic E-state index is 0.520. The lowest BCUT2D eigenvalue weighted by Crippen LogP contribution is -2.29. The summed E-state index contributed by atoms with van der Waals surface area (Å²) in [5.41, 5.74) is 2.30. The van der Waals surface area contributed by atoms with Crippen molar-refractivity contribution in [3.05, 3.63) is 24.0 Å². The van der Waals surface area contributed by atoms with Crippen LogP contribution in [0.25, 0.3) is 0 Å². The van der Waals surface area contributed by atoms with Crippen molar-refractivity contribution in [2.24, 2.45) is 0 Å². The summed E-state index contributed by atoms with van der Waals surface area (Å²) >= 11 is 5.89. The quantitative estimate of drug-likeness (QED) is 0.715. The molecule has 1 aromatic heterocycles. The van der Waals surface area contributed by atoms with E-state index >= 15 is 0 Å². The van der Waals surface area contributed by atoms with E-state index in [1.54, 1.807) is 0 Å². The topological polar surface area (TPSA) is 16.1 Å². The van der Waals surface area contributed by atoms with Crippen LogP contribution in [0.1, 0.15) is 32.3 Å². The van der Waals surface area contributed by atoms with Crippen molar-refractivity contribution < 1.29 is 0 Å². The normalized spacial score (nSPS) is 12.5. The Morgan fingerprint density at radius 1 is 1.53 bits per heavy atom. The average Bonchev–Trinajstić information content (AvgIpc) is 2.28. The summed E-state index contributed by atoms with van der Waals surface area (Å²) in [7, 11) is 2.12. The van der Waals surface area contributed by atoms with Crippen LogP contribution >= 0.6 is 11.6 Å². The second-order valence-corrected chi connectivity index (χ2v) is 4.15. The molecule has 0 radical (unpaired) electrons. The van der Waals surface area contributed by atoms with E-state index in [9.17, 15) is 0 Å². The Morgan fingerprint density at radius 2 is 2.27 bits per heavy atom. The highest BCUT2D eigenvalue weighted by Crippen LogP contribution is 2.22. The van der Waals surface area contributed by atoms with E-state index in [1.165, 1.54) is 18.5 Å². The third-order valence-electron chi connectivity index (χ3n) is 2.77. The van der Waals surface area contributed by atoms with Crippen molar-refractivity contribution in [1.29, 1.82) is 0 Å². The first-order valence-corrected chi connectivity index (χ1v) is 5.95. The van der Waals surface area contributed by atoms with Gasteiger partial charge in [-0.2, -0.15) is 0 Å². The van der Waals surface area contributed by atoms with Crippen molar-refractivity contribution in [1.82, 2.24) is 4.98 Å². The minimum Gasteiger partial charge on any atom is -0.372 e. The van der Waals surface area contributed by atoms with E-state index in [4.69, 9.17) is 11.6 Å². The Bertz CT molecular complexity index is 301. The monoisotopic (exact) mass is 226 g/mol. The van der Waals surface area contributed by atoms with E-state index in [0.29, 0.717) is 11.9 Å². The van der Waals surface area contributed by atoms with Gasteiger partial charge in [0.05, 0.1) is 5.88 Å². The van der Waals surface area contributed by atoms with Crippen molar-refractivity contribution in [3.8, 4) is 0 Å². The fourth-order valence-corrected chi connectivity index (χ4v) is 1.92. The molecule has 84 valence electrons. The Labute approximate surface area is 97.3 Å². The van der Waals surface area contributed by atoms with Gasteiger partial charge in [0.15, 0.2) is 0 Å². The van der Waals surface area contributed by atoms with E-state index in [2.05, 4.69) is 30.8 Å². The molecule has 0 amide bonds. The summed E-state index contributed by atoms with van der Waals surface area (Å²) in [6.07, 6.45) is 6.06. The molecule has 1 atom stereocenters. The van der Waals surface area contributed by atoms with Crippen LogP contribution in [0.5, 0.6) is 0 Å². The summed E-state index contributed by atoms with van der Waals surface area (Å²) in [6, 6.07) is 2.57. The number of halogens is 1. The lowest BCUT2D eigenvalue weighted by molar-refractivity contribution is 0.615.